The number of amides is 1. The SMILES string of the molecule is COc1ccc(C(=O)NN=Cc2cc(C)n(-c3cc(Cl)ccc3OC)c2C)c(OC)c1. The fraction of sp³-hybridized carbons (Fsp3) is 0.217. The van der Waals surface area contributed by atoms with Gasteiger partial charge in [-0.05, 0) is 50.2 Å². The van der Waals surface area contributed by atoms with E-state index in [0.717, 1.165) is 22.6 Å². The third-order valence-corrected chi connectivity index (χ3v) is 5.11. The van der Waals surface area contributed by atoms with Crippen molar-refractivity contribution >= 4 is 23.7 Å². The third kappa shape index (κ3) is 4.67. The van der Waals surface area contributed by atoms with Crippen LogP contribution in [0.4, 0.5) is 0 Å². The van der Waals surface area contributed by atoms with E-state index in [4.69, 9.17) is 25.8 Å². The third-order valence-electron chi connectivity index (χ3n) is 4.88. The van der Waals surface area contributed by atoms with E-state index in [9.17, 15) is 4.79 Å². The van der Waals surface area contributed by atoms with Gasteiger partial charge in [0.05, 0.1) is 38.8 Å². The predicted octanol–water partition coefficient (Wildman–Crippen LogP) is 4.54. The van der Waals surface area contributed by atoms with E-state index in [0.29, 0.717) is 27.8 Å². The van der Waals surface area contributed by atoms with Gasteiger partial charge in [-0.3, -0.25) is 4.79 Å². The van der Waals surface area contributed by atoms with Crippen LogP contribution in [0.15, 0.2) is 47.6 Å². The van der Waals surface area contributed by atoms with Gasteiger partial charge in [-0.15, -0.1) is 0 Å². The summed E-state index contributed by atoms with van der Waals surface area (Å²) in [5.41, 5.74) is 6.48. The van der Waals surface area contributed by atoms with E-state index in [-0.39, 0.29) is 5.91 Å². The zero-order chi connectivity index (χ0) is 22.5. The number of methoxy groups -OCH3 is 3. The molecule has 1 aromatic heterocycles. The van der Waals surface area contributed by atoms with Crippen molar-refractivity contribution in [2.75, 3.05) is 21.3 Å². The lowest BCUT2D eigenvalue weighted by Gasteiger charge is -2.14. The minimum Gasteiger partial charge on any atom is -0.497 e. The van der Waals surface area contributed by atoms with Crippen LogP contribution in [-0.4, -0.2) is 38.0 Å². The Morgan fingerprint density at radius 2 is 1.74 bits per heavy atom. The first kappa shape index (κ1) is 22.2. The van der Waals surface area contributed by atoms with E-state index in [2.05, 4.69) is 10.5 Å². The number of rotatable bonds is 7. The minimum atomic E-state index is -0.388. The molecule has 7 nitrogen and oxygen atoms in total. The highest BCUT2D eigenvalue weighted by Crippen LogP contribution is 2.30. The number of ether oxygens (including phenoxy) is 3. The van der Waals surface area contributed by atoms with Crippen molar-refractivity contribution in [1.29, 1.82) is 0 Å². The Kier molecular flexibility index (Phi) is 6.87. The van der Waals surface area contributed by atoms with Gasteiger partial charge in [0, 0.05) is 28.0 Å². The summed E-state index contributed by atoms with van der Waals surface area (Å²) in [6.45, 7) is 3.94. The Morgan fingerprint density at radius 3 is 2.42 bits per heavy atom. The normalized spacial score (nSPS) is 10.9. The van der Waals surface area contributed by atoms with Gasteiger partial charge < -0.3 is 18.8 Å². The fourth-order valence-corrected chi connectivity index (χ4v) is 3.50. The van der Waals surface area contributed by atoms with Crippen molar-refractivity contribution in [1.82, 2.24) is 9.99 Å². The maximum atomic E-state index is 12.5. The number of carbonyl (C=O) groups is 1. The van der Waals surface area contributed by atoms with E-state index in [1.807, 2.05) is 36.6 Å². The Labute approximate surface area is 186 Å². The molecule has 3 rings (SSSR count). The average molecular weight is 442 g/mol. The van der Waals surface area contributed by atoms with Crippen molar-refractivity contribution in [3.8, 4) is 22.9 Å². The lowest BCUT2D eigenvalue weighted by molar-refractivity contribution is 0.0952. The molecule has 0 spiro atoms. The molecule has 0 unspecified atom stereocenters. The van der Waals surface area contributed by atoms with Crippen molar-refractivity contribution in [2.24, 2.45) is 5.10 Å². The lowest BCUT2D eigenvalue weighted by Crippen LogP contribution is -2.18. The first-order valence-corrected chi connectivity index (χ1v) is 9.85. The molecule has 0 saturated carbocycles. The molecule has 0 fully saturated rings. The Bertz CT molecular complexity index is 1140. The van der Waals surface area contributed by atoms with Crippen LogP contribution in [0.3, 0.4) is 0 Å². The molecule has 31 heavy (non-hydrogen) atoms. The number of halogens is 1. The van der Waals surface area contributed by atoms with Crippen LogP contribution in [0.5, 0.6) is 17.2 Å². The zero-order valence-corrected chi connectivity index (χ0v) is 18.8. The van der Waals surface area contributed by atoms with Gasteiger partial charge >= 0.3 is 0 Å². The Morgan fingerprint density at radius 1 is 1.00 bits per heavy atom. The molecule has 0 aliphatic heterocycles. The molecule has 2 aromatic carbocycles. The summed E-state index contributed by atoms with van der Waals surface area (Å²) in [6, 6.07) is 12.4. The Balaban J connectivity index is 1.84. The van der Waals surface area contributed by atoms with Crippen LogP contribution in [0.2, 0.25) is 5.02 Å². The monoisotopic (exact) mass is 441 g/mol. The molecule has 162 valence electrons. The van der Waals surface area contributed by atoms with Crippen molar-refractivity contribution < 1.29 is 19.0 Å². The molecule has 1 amide bonds. The summed E-state index contributed by atoms with van der Waals surface area (Å²) in [7, 11) is 4.66. The van der Waals surface area contributed by atoms with Crippen LogP contribution >= 0.6 is 11.6 Å². The zero-order valence-electron chi connectivity index (χ0n) is 18.0. The minimum absolute atomic E-state index is 0.356. The number of nitrogens with one attached hydrogen (secondary N) is 1. The van der Waals surface area contributed by atoms with Gasteiger partial charge in [0.1, 0.15) is 17.2 Å². The van der Waals surface area contributed by atoms with Crippen molar-refractivity contribution in [3.63, 3.8) is 0 Å². The largest absolute Gasteiger partial charge is 0.497 e. The van der Waals surface area contributed by atoms with Crippen LogP contribution in [0.25, 0.3) is 5.69 Å². The highest BCUT2D eigenvalue weighted by Gasteiger charge is 2.15. The molecule has 0 aliphatic carbocycles. The van der Waals surface area contributed by atoms with E-state index >= 15 is 0 Å². The molecule has 1 N–H and O–H groups in total. The smallest absolute Gasteiger partial charge is 0.275 e. The summed E-state index contributed by atoms with van der Waals surface area (Å²) < 4.78 is 17.9. The fourth-order valence-electron chi connectivity index (χ4n) is 3.33. The van der Waals surface area contributed by atoms with Crippen molar-refractivity contribution in [3.05, 3.63) is 70.0 Å². The van der Waals surface area contributed by atoms with E-state index in [1.54, 1.807) is 44.7 Å². The maximum absolute atomic E-state index is 12.5. The molecule has 1 heterocycles. The van der Waals surface area contributed by atoms with Crippen LogP contribution in [0, 0.1) is 13.8 Å². The maximum Gasteiger partial charge on any atom is 0.275 e. The van der Waals surface area contributed by atoms with Gasteiger partial charge in [-0.25, -0.2) is 5.43 Å². The number of hydrazone groups is 1. The Hall–Kier alpha value is -3.45. The van der Waals surface area contributed by atoms with Gasteiger partial charge in [0.15, 0.2) is 0 Å². The number of benzene rings is 2. The summed E-state index contributed by atoms with van der Waals surface area (Å²) in [4.78, 5) is 12.5. The van der Waals surface area contributed by atoms with Crippen LogP contribution in [0.1, 0.15) is 27.3 Å². The molecule has 0 radical (unpaired) electrons. The second kappa shape index (κ2) is 9.57. The number of hydrogen-bond donors (Lipinski definition) is 1. The molecule has 0 saturated heterocycles. The number of aromatic nitrogens is 1. The first-order chi connectivity index (χ1) is 14.9. The molecule has 0 bridgehead atoms. The van der Waals surface area contributed by atoms with Crippen LogP contribution < -0.4 is 19.6 Å². The summed E-state index contributed by atoms with van der Waals surface area (Å²) in [6.07, 6.45) is 1.60. The summed E-state index contributed by atoms with van der Waals surface area (Å²) in [5, 5.41) is 4.73. The highest BCUT2D eigenvalue weighted by molar-refractivity contribution is 6.30. The molecular weight excluding hydrogens is 418 g/mol. The van der Waals surface area contributed by atoms with Gasteiger partial charge in [0.25, 0.3) is 5.91 Å². The molecule has 0 aliphatic rings. The number of nitrogens with zero attached hydrogens (tertiary/aromatic N) is 2. The predicted molar refractivity (Wildman–Crippen MR) is 121 cm³/mol. The number of aryl methyl sites for hydroxylation is 1. The highest BCUT2D eigenvalue weighted by atomic mass is 35.5. The lowest BCUT2D eigenvalue weighted by atomic mass is 10.2. The van der Waals surface area contributed by atoms with Gasteiger partial charge in [-0.2, -0.15) is 5.10 Å². The average Bonchev–Trinajstić information content (AvgIpc) is 3.05. The number of hydrogen-bond acceptors (Lipinski definition) is 5. The van der Waals surface area contributed by atoms with E-state index < -0.39 is 0 Å². The topological polar surface area (TPSA) is 74.1 Å². The van der Waals surface area contributed by atoms with Crippen LogP contribution in [-0.2, 0) is 0 Å². The summed E-state index contributed by atoms with van der Waals surface area (Å²) >= 11 is 6.19. The van der Waals surface area contributed by atoms with Gasteiger partial charge in [0.2, 0.25) is 0 Å². The van der Waals surface area contributed by atoms with E-state index in [1.165, 1.54) is 7.11 Å². The first-order valence-electron chi connectivity index (χ1n) is 9.47. The summed E-state index contributed by atoms with van der Waals surface area (Å²) in [5.74, 6) is 1.31. The van der Waals surface area contributed by atoms with Crippen molar-refractivity contribution in [2.45, 2.75) is 13.8 Å². The molecule has 0 atom stereocenters. The molecule has 8 heteroatoms. The second-order valence-electron chi connectivity index (χ2n) is 6.74. The second-order valence-corrected chi connectivity index (χ2v) is 7.18. The number of carbonyl (C=O) groups excluding carboxylic acids is 1. The molecular formula is C23H24ClN3O4. The quantitative estimate of drug-likeness (QED) is 0.431. The van der Waals surface area contributed by atoms with Gasteiger partial charge in [-0.1, -0.05) is 11.6 Å². The molecule has 3 aromatic rings. The standard InChI is InChI=1S/C23H24ClN3O4/c1-14-10-16(15(2)27(14)20-11-17(24)6-9-21(20)30-4)13-25-26-23(28)19-8-7-18(29-3)12-22(19)31-5/h6-13H,1-5H3,(H,26,28).